The molecule has 0 radical (unpaired) electrons. The van der Waals surface area contributed by atoms with Gasteiger partial charge in [-0.2, -0.15) is 0 Å². The van der Waals surface area contributed by atoms with Gasteiger partial charge < -0.3 is 4.74 Å². The predicted molar refractivity (Wildman–Crippen MR) is 70.4 cm³/mol. The number of ether oxygens (including phenoxy) is 1. The van der Waals surface area contributed by atoms with E-state index in [9.17, 15) is 4.79 Å². The molecule has 0 saturated heterocycles. The molecule has 3 rings (SSSR count). The Morgan fingerprint density at radius 1 is 1.44 bits per heavy atom. The predicted octanol–water partition coefficient (Wildman–Crippen LogP) is 2.98. The summed E-state index contributed by atoms with van der Waals surface area (Å²) in [7, 11) is 0. The van der Waals surface area contributed by atoms with E-state index in [4.69, 9.17) is 4.74 Å². The standard InChI is InChI=1S/C15H13NO2/c1-2-18-15(17)10-6-7-14-13(8-10)12-5-3-4-11(12)9-16-14/h3,5-9H,2,4H2,1H3. The summed E-state index contributed by atoms with van der Waals surface area (Å²) in [6, 6.07) is 5.50. The van der Waals surface area contributed by atoms with Crippen LogP contribution in [0.1, 0.15) is 28.4 Å². The third-order valence-corrected chi connectivity index (χ3v) is 3.13. The fourth-order valence-corrected chi connectivity index (χ4v) is 2.26. The van der Waals surface area contributed by atoms with Crippen molar-refractivity contribution in [2.45, 2.75) is 13.3 Å². The third-order valence-electron chi connectivity index (χ3n) is 3.13. The van der Waals surface area contributed by atoms with Crippen molar-refractivity contribution >= 4 is 22.9 Å². The quantitative estimate of drug-likeness (QED) is 0.756. The summed E-state index contributed by atoms with van der Waals surface area (Å²) in [6.45, 7) is 2.20. The zero-order valence-electron chi connectivity index (χ0n) is 10.1. The zero-order chi connectivity index (χ0) is 12.5. The summed E-state index contributed by atoms with van der Waals surface area (Å²) in [4.78, 5) is 16.1. The first-order valence-corrected chi connectivity index (χ1v) is 6.05. The Morgan fingerprint density at radius 3 is 3.17 bits per heavy atom. The van der Waals surface area contributed by atoms with Crippen molar-refractivity contribution in [3.05, 3.63) is 47.2 Å². The molecule has 1 aliphatic carbocycles. The maximum absolute atomic E-state index is 11.7. The largest absolute Gasteiger partial charge is 0.462 e. The maximum atomic E-state index is 11.7. The molecule has 1 aromatic carbocycles. The normalized spacial score (nSPS) is 12.7. The first-order chi connectivity index (χ1) is 8.79. The van der Waals surface area contributed by atoms with Crippen LogP contribution in [0.3, 0.4) is 0 Å². The van der Waals surface area contributed by atoms with Crippen molar-refractivity contribution in [1.29, 1.82) is 0 Å². The van der Waals surface area contributed by atoms with Gasteiger partial charge in [0.1, 0.15) is 0 Å². The summed E-state index contributed by atoms with van der Waals surface area (Å²) < 4.78 is 5.02. The van der Waals surface area contributed by atoms with E-state index < -0.39 is 0 Å². The first kappa shape index (κ1) is 11.0. The van der Waals surface area contributed by atoms with E-state index in [0.717, 1.165) is 17.3 Å². The van der Waals surface area contributed by atoms with Gasteiger partial charge in [0.05, 0.1) is 17.7 Å². The zero-order valence-corrected chi connectivity index (χ0v) is 10.1. The van der Waals surface area contributed by atoms with Crippen molar-refractivity contribution in [2.75, 3.05) is 6.61 Å². The molecule has 0 fully saturated rings. The molecule has 3 heteroatoms. The molecule has 0 bridgehead atoms. The first-order valence-electron chi connectivity index (χ1n) is 6.05. The van der Waals surface area contributed by atoms with Gasteiger partial charge in [-0.25, -0.2) is 4.79 Å². The minimum Gasteiger partial charge on any atom is -0.462 e. The van der Waals surface area contributed by atoms with Crippen molar-refractivity contribution in [3.8, 4) is 0 Å². The molecule has 0 spiro atoms. The molecule has 0 amide bonds. The molecule has 0 saturated carbocycles. The van der Waals surface area contributed by atoms with Gasteiger partial charge in [-0.05, 0) is 42.7 Å². The molecule has 0 aliphatic heterocycles. The molecule has 0 N–H and O–H groups in total. The van der Waals surface area contributed by atoms with Crippen molar-refractivity contribution in [3.63, 3.8) is 0 Å². The van der Waals surface area contributed by atoms with Crippen LogP contribution in [0.15, 0.2) is 30.5 Å². The van der Waals surface area contributed by atoms with Gasteiger partial charge in [-0.15, -0.1) is 0 Å². The summed E-state index contributed by atoms with van der Waals surface area (Å²) in [5.41, 5.74) is 3.88. The Balaban J connectivity index is 2.16. The number of allylic oxidation sites excluding steroid dienone is 1. The van der Waals surface area contributed by atoms with Gasteiger partial charge in [0.25, 0.3) is 0 Å². The molecule has 1 aliphatic rings. The average molecular weight is 239 g/mol. The number of benzene rings is 1. The van der Waals surface area contributed by atoms with E-state index >= 15 is 0 Å². The lowest BCUT2D eigenvalue weighted by Crippen LogP contribution is -2.04. The number of carbonyl (C=O) groups excluding carboxylic acids is 1. The number of rotatable bonds is 2. The van der Waals surface area contributed by atoms with Crippen LogP contribution in [0.25, 0.3) is 17.0 Å². The molecule has 1 aromatic heterocycles. The highest BCUT2D eigenvalue weighted by molar-refractivity contribution is 5.98. The summed E-state index contributed by atoms with van der Waals surface area (Å²) in [5, 5.41) is 1.02. The van der Waals surface area contributed by atoms with Crippen LogP contribution in [0, 0.1) is 0 Å². The topological polar surface area (TPSA) is 39.2 Å². The van der Waals surface area contributed by atoms with Gasteiger partial charge >= 0.3 is 5.97 Å². The second-order valence-electron chi connectivity index (χ2n) is 4.26. The number of nitrogens with zero attached hydrogens (tertiary/aromatic N) is 1. The fourth-order valence-electron chi connectivity index (χ4n) is 2.26. The van der Waals surface area contributed by atoms with Crippen LogP contribution in [-0.4, -0.2) is 17.6 Å². The molecule has 2 aromatic rings. The number of aromatic nitrogens is 1. The number of hydrogen-bond donors (Lipinski definition) is 0. The highest BCUT2D eigenvalue weighted by Gasteiger charge is 2.13. The molecular weight excluding hydrogens is 226 g/mol. The van der Waals surface area contributed by atoms with E-state index in [0.29, 0.717) is 12.2 Å². The summed E-state index contributed by atoms with van der Waals surface area (Å²) in [5.74, 6) is -0.279. The molecule has 18 heavy (non-hydrogen) atoms. The second-order valence-corrected chi connectivity index (χ2v) is 4.26. The minimum absolute atomic E-state index is 0.279. The van der Waals surface area contributed by atoms with Crippen LogP contribution in [0.2, 0.25) is 0 Å². The van der Waals surface area contributed by atoms with Crippen LogP contribution < -0.4 is 0 Å². The molecule has 0 atom stereocenters. The van der Waals surface area contributed by atoms with Crippen molar-refractivity contribution in [1.82, 2.24) is 4.98 Å². The number of pyridine rings is 1. The third kappa shape index (κ3) is 1.68. The number of hydrogen-bond acceptors (Lipinski definition) is 3. The molecule has 3 nitrogen and oxygen atoms in total. The van der Waals surface area contributed by atoms with Crippen LogP contribution >= 0.6 is 0 Å². The smallest absolute Gasteiger partial charge is 0.338 e. The fraction of sp³-hybridized carbons (Fsp3) is 0.200. The number of esters is 1. The van der Waals surface area contributed by atoms with E-state index in [1.807, 2.05) is 18.3 Å². The monoisotopic (exact) mass is 239 g/mol. The molecule has 90 valence electrons. The Bertz CT molecular complexity index is 659. The Hall–Kier alpha value is -2.16. The Kier molecular flexibility index (Phi) is 2.59. The Morgan fingerprint density at radius 2 is 2.33 bits per heavy atom. The molecule has 1 heterocycles. The van der Waals surface area contributed by atoms with Crippen molar-refractivity contribution < 1.29 is 9.53 Å². The lowest BCUT2D eigenvalue weighted by Gasteiger charge is -2.06. The van der Waals surface area contributed by atoms with Gasteiger partial charge in [0, 0.05) is 11.6 Å². The summed E-state index contributed by atoms with van der Waals surface area (Å²) in [6.07, 6.45) is 7.03. The van der Waals surface area contributed by atoms with Gasteiger partial charge in [0.15, 0.2) is 0 Å². The second kappa shape index (κ2) is 4.26. The van der Waals surface area contributed by atoms with E-state index in [2.05, 4.69) is 17.1 Å². The lowest BCUT2D eigenvalue weighted by atomic mass is 10.0. The minimum atomic E-state index is -0.279. The number of carbonyl (C=O) groups is 1. The van der Waals surface area contributed by atoms with Gasteiger partial charge in [-0.3, -0.25) is 4.98 Å². The molecular formula is C15H13NO2. The van der Waals surface area contributed by atoms with Crippen LogP contribution in [-0.2, 0) is 11.2 Å². The lowest BCUT2D eigenvalue weighted by molar-refractivity contribution is 0.0526. The van der Waals surface area contributed by atoms with Crippen LogP contribution in [0.4, 0.5) is 0 Å². The summed E-state index contributed by atoms with van der Waals surface area (Å²) >= 11 is 0. The average Bonchev–Trinajstić information content (AvgIpc) is 2.87. The Labute approximate surface area is 105 Å². The van der Waals surface area contributed by atoms with Gasteiger partial charge in [-0.1, -0.05) is 12.2 Å². The van der Waals surface area contributed by atoms with Crippen LogP contribution in [0.5, 0.6) is 0 Å². The molecule has 0 unspecified atom stereocenters. The highest BCUT2D eigenvalue weighted by Crippen LogP contribution is 2.27. The highest BCUT2D eigenvalue weighted by atomic mass is 16.5. The maximum Gasteiger partial charge on any atom is 0.338 e. The van der Waals surface area contributed by atoms with Crippen molar-refractivity contribution in [2.24, 2.45) is 0 Å². The van der Waals surface area contributed by atoms with E-state index in [1.165, 1.54) is 11.1 Å². The van der Waals surface area contributed by atoms with E-state index in [1.54, 1.807) is 13.0 Å². The number of fused-ring (bicyclic) bond motifs is 3. The van der Waals surface area contributed by atoms with Gasteiger partial charge in [0.2, 0.25) is 0 Å². The SMILES string of the molecule is CCOC(=O)c1ccc2ncc3c(c2c1)C=CC3. The van der Waals surface area contributed by atoms with E-state index in [-0.39, 0.29) is 5.97 Å².